The molecule has 0 fully saturated rings. The number of hydrogen-bond acceptors (Lipinski definition) is 6. The molecule has 0 spiro atoms. The molecule has 2 heterocycles. The number of nitrogens with one attached hydrogen (secondary N) is 1. The molecule has 3 aromatic rings. The predicted molar refractivity (Wildman–Crippen MR) is 105 cm³/mol. The Morgan fingerprint density at radius 1 is 1.21 bits per heavy atom. The summed E-state index contributed by atoms with van der Waals surface area (Å²) in [5, 5.41) is 6.34. The molecule has 2 aromatic heterocycles. The van der Waals surface area contributed by atoms with Gasteiger partial charge in [0.2, 0.25) is 0 Å². The van der Waals surface area contributed by atoms with Crippen molar-refractivity contribution < 1.29 is 18.8 Å². The SMILES string of the molecule is CCc1noc(C)c1C(=O)OCC(=O)Nc1c(C)n(C)n(-c2ccccc2)c1=O. The van der Waals surface area contributed by atoms with Crippen molar-refractivity contribution in [3.63, 3.8) is 0 Å². The van der Waals surface area contributed by atoms with E-state index in [2.05, 4.69) is 10.5 Å². The van der Waals surface area contributed by atoms with E-state index < -0.39 is 18.5 Å². The highest BCUT2D eigenvalue weighted by Crippen LogP contribution is 2.16. The molecule has 0 bridgehead atoms. The van der Waals surface area contributed by atoms with Crippen LogP contribution in [-0.4, -0.2) is 33.0 Å². The Balaban J connectivity index is 1.74. The lowest BCUT2D eigenvalue weighted by Crippen LogP contribution is -2.26. The Hall–Kier alpha value is -3.62. The zero-order chi connectivity index (χ0) is 21.1. The van der Waals surface area contributed by atoms with E-state index in [0.717, 1.165) is 0 Å². The summed E-state index contributed by atoms with van der Waals surface area (Å²) in [6.07, 6.45) is 0.496. The first-order valence-corrected chi connectivity index (χ1v) is 9.11. The van der Waals surface area contributed by atoms with Crippen LogP contribution >= 0.6 is 0 Å². The number of aromatic nitrogens is 3. The molecule has 0 aliphatic carbocycles. The summed E-state index contributed by atoms with van der Waals surface area (Å²) in [4.78, 5) is 37.4. The van der Waals surface area contributed by atoms with Crippen LogP contribution in [0.4, 0.5) is 5.69 Å². The van der Waals surface area contributed by atoms with Crippen molar-refractivity contribution in [1.29, 1.82) is 0 Å². The highest BCUT2D eigenvalue weighted by Gasteiger charge is 2.23. The number of benzene rings is 1. The third-order valence-corrected chi connectivity index (χ3v) is 4.63. The Morgan fingerprint density at radius 2 is 1.90 bits per heavy atom. The summed E-state index contributed by atoms with van der Waals surface area (Å²) in [6.45, 7) is 4.61. The minimum atomic E-state index is -0.692. The van der Waals surface area contributed by atoms with Crippen LogP contribution in [0, 0.1) is 13.8 Å². The lowest BCUT2D eigenvalue weighted by molar-refractivity contribution is -0.119. The first-order chi connectivity index (χ1) is 13.8. The van der Waals surface area contributed by atoms with Gasteiger partial charge in [-0.3, -0.25) is 14.3 Å². The molecule has 0 atom stereocenters. The molecule has 152 valence electrons. The van der Waals surface area contributed by atoms with E-state index >= 15 is 0 Å². The summed E-state index contributed by atoms with van der Waals surface area (Å²) in [5.41, 5.74) is 1.69. The molecule has 1 N–H and O–H groups in total. The molecule has 3 rings (SSSR count). The Bertz CT molecular complexity index is 1110. The van der Waals surface area contributed by atoms with Crippen molar-refractivity contribution in [1.82, 2.24) is 14.5 Å². The maximum Gasteiger partial charge on any atom is 0.344 e. The van der Waals surface area contributed by atoms with Gasteiger partial charge in [-0.25, -0.2) is 9.48 Å². The summed E-state index contributed by atoms with van der Waals surface area (Å²) < 4.78 is 13.2. The van der Waals surface area contributed by atoms with Crippen molar-refractivity contribution in [2.75, 3.05) is 11.9 Å². The van der Waals surface area contributed by atoms with Gasteiger partial charge in [0.1, 0.15) is 17.0 Å². The maximum atomic E-state index is 12.8. The van der Waals surface area contributed by atoms with Gasteiger partial charge < -0.3 is 14.6 Å². The van der Waals surface area contributed by atoms with Gasteiger partial charge in [-0.1, -0.05) is 30.3 Å². The average molecular weight is 398 g/mol. The van der Waals surface area contributed by atoms with Crippen LogP contribution in [0.15, 0.2) is 39.6 Å². The van der Waals surface area contributed by atoms with Crippen LogP contribution in [0.2, 0.25) is 0 Å². The number of hydrogen-bond donors (Lipinski definition) is 1. The van der Waals surface area contributed by atoms with Crippen LogP contribution in [0.5, 0.6) is 0 Å². The van der Waals surface area contributed by atoms with Gasteiger partial charge >= 0.3 is 5.97 Å². The van der Waals surface area contributed by atoms with Crippen LogP contribution in [0.25, 0.3) is 5.69 Å². The molecule has 0 radical (unpaired) electrons. The van der Waals surface area contributed by atoms with Gasteiger partial charge in [0, 0.05) is 7.05 Å². The summed E-state index contributed by atoms with van der Waals surface area (Å²) in [5.74, 6) is -0.976. The molecule has 0 saturated carbocycles. The fraction of sp³-hybridized carbons (Fsp3) is 0.300. The van der Waals surface area contributed by atoms with E-state index in [1.54, 1.807) is 37.7 Å². The van der Waals surface area contributed by atoms with Crippen LogP contribution < -0.4 is 10.9 Å². The van der Waals surface area contributed by atoms with E-state index in [1.165, 1.54) is 4.68 Å². The number of carbonyl (C=O) groups excluding carboxylic acids is 2. The summed E-state index contributed by atoms with van der Waals surface area (Å²) in [6, 6.07) is 9.07. The van der Waals surface area contributed by atoms with Gasteiger partial charge in [-0.15, -0.1) is 0 Å². The molecule has 9 heteroatoms. The highest BCUT2D eigenvalue weighted by molar-refractivity contribution is 5.96. The molecule has 0 aliphatic heterocycles. The highest BCUT2D eigenvalue weighted by atomic mass is 16.5. The second-order valence-corrected chi connectivity index (χ2v) is 6.47. The first kappa shape index (κ1) is 20.1. The number of esters is 1. The summed E-state index contributed by atoms with van der Waals surface area (Å²) >= 11 is 0. The van der Waals surface area contributed by atoms with E-state index in [9.17, 15) is 14.4 Å². The number of para-hydroxylation sites is 1. The number of anilines is 1. The van der Waals surface area contributed by atoms with Gasteiger partial charge in [0.05, 0.1) is 17.1 Å². The van der Waals surface area contributed by atoms with Crippen molar-refractivity contribution in [2.45, 2.75) is 27.2 Å². The van der Waals surface area contributed by atoms with E-state index in [4.69, 9.17) is 9.26 Å². The first-order valence-electron chi connectivity index (χ1n) is 9.11. The van der Waals surface area contributed by atoms with Gasteiger partial charge in [0.15, 0.2) is 6.61 Å². The predicted octanol–water partition coefficient (Wildman–Crippen LogP) is 2.14. The second kappa shape index (κ2) is 8.17. The normalized spacial score (nSPS) is 10.8. The van der Waals surface area contributed by atoms with Crippen molar-refractivity contribution >= 4 is 17.6 Å². The minimum Gasteiger partial charge on any atom is -0.452 e. The van der Waals surface area contributed by atoms with Crippen LogP contribution in [0.3, 0.4) is 0 Å². The average Bonchev–Trinajstić information content (AvgIpc) is 3.19. The lowest BCUT2D eigenvalue weighted by atomic mass is 10.1. The summed E-state index contributed by atoms with van der Waals surface area (Å²) in [7, 11) is 1.72. The van der Waals surface area contributed by atoms with Gasteiger partial charge in [-0.05, 0) is 32.4 Å². The number of rotatable bonds is 6. The molecule has 29 heavy (non-hydrogen) atoms. The zero-order valence-corrected chi connectivity index (χ0v) is 16.7. The molecule has 0 unspecified atom stereocenters. The molecule has 1 amide bonds. The number of amides is 1. The van der Waals surface area contributed by atoms with E-state index in [1.807, 2.05) is 25.1 Å². The third-order valence-electron chi connectivity index (χ3n) is 4.63. The van der Waals surface area contributed by atoms with Crippen molar-refractivity contribution in [3.05, 3.63) is 63.4 Å². The molecule has 1 aromatic carbocycles. The topological polar surface area (TPSA) is 108 Å². The zero-order valence-electron chi connectivity index (χ0n) is 16.7. The Labute approximate surface area is 166 Å². The third kappa shape index (κ3) is 3.84. The lowest BCUT2D eigenvalue weighted by Gasteiger charge is -2.07. The van der Waals surface area contributed by atoms with Crippen LogP contribution in [-0.2, 0) is 23.0 Å². The Kier molecular flexibility index (Phi) is 5.67. The molecular formula is C20H22N4O5. The Morgan fingerprint density at radius 3 is 2.55 bits per heavy atom. The van der Waals surface area contributed by atoms with Gasteiger partial charge in [-0.2, -0.15) is 0 Å². The van der Waals surface area contributed by atoms with Gasteiger partial charge in [0.25, 0.3) is 11.5 Å². The number of nitrogens with zero attached hydrogens (tertiary/aromatic N) is 3. The van der Waals surface area contributed by atoms with E-state index in [0.29, 0.717) is 29.3 Å². The largest absolute Gasteiger partial charge is 0.452 e. The minimum absolute atomic E-state index is 0.132. The fourth-order valence-corrected chi connectivity index (χ4v) is 3.01. The molecular weight excluding hydrogens is 376 g/mol. The van der Waals surface area contributed by atoms with Crippen LogP contribution in [0.1, 0.15) is 34.4 Å². The number of carbonyl (C=O) groups is 2. The second-order valence-electron chi connectivity index (χ2n) is 6.47. The molecule has 0 aliphatic rings. The number of ether oxygens (including phenoxy) is 1. The fourth-order valence-electron chi connectivity index (χ4n) is 3.01. The monoisotopic (exact) mass is 398 g/mol. The molecule has 9 nitrogen and oxygen atoms in total. The quantitative estimate of drug-likeness (QED) is 0.637. The molecule has 0 saturated heterocycles. The standard InChI is InChI=1S/C20H22N4O5/c1-5-15-17(13(3)29-22-15)20(27)28-11-16(25)21-18-12(2)23(4)24(19(18)26)14-9-7-6-8-10-14/h6-10H,5,11H2,1-4H3,(H,21,25). The maximum absolute atomic E-state index is 12.8. The van der Waals surface area contributed by atoms with Crippen molar-refractivity contribution in [2.24, 2.45) is 7.05 Å². The number of aryl methyl sites for hydroxylation is 2. The van der Waals surface area contributed by atoms with Crippen molar-refractivity contribution in [3.8, 4) is 5.69 Å². The smallest absolute Gasteiger partial charge is 0.344 e. The van der Waals surface area contributed by atoms with E-state index in [-0.39, 0.29) is 16.8 Å².